The van der Waals surface area contributed by atoms with Crippen LogP contribution in [0.15, 0.2) is 47.4 Å². The highest BCUT2D eigenvalue weighted by atomic mass is 32.2. The van der Waals surface area contributed by atoms with Gasteiger partial charge in [-0.25, -0.2) is 26.9 Å². The summed E-state index contributed by atoms with van der Waals surface area (Å²) in [6.07, 6.45) is 1.80. The molecule has 5 N–H and O–H groups in total. The first kappa shape index (κ1) is 27.7. The first-order valence-electron chi connectivity index (χ1n) is 11.1. The van der Waals surface area contributed by atoms with Gasteiger partial charge in [-0.2, -0.15) is 0 Å². The van der Waals surface area contributed by atoms with Gasteiger partial charge < -0.3 is 16.2 Å². The van der Waals surface area contributed by atoms with E-state index in [1.54, 1.807) is 20.8 Å². The van der Waals surface area contributed by atoms with Gasteiger partial charge in [-0.05, 0) is 76.4 Å². The van der Waals surface area contributed by atoms with Crippen molar-refractivity contribution in [1.29, 1.82) is 0 Å². The number of aromatic nitrogens is 1. The normalized spacial score (nSPS) is 12.9. The molecule has 0 saturated heterocycles. The van der Waals surface area contributed by atoms with E-state index in [1.807, 2.05) is 0 Å². The second-order valence-corrected chi connectivity index (χ2v) is 11.7. The summed E-state index contributed by atoms with van der Waals surface area (Å²) in [5.74, 6) is -3.10. The van der Waals surface area contributed by atoms with E-state index < -0.39 is 38.6 Å². The van der Waals surface area contributed by atoms with Crippen LogP contribution >= 0.6 is 11.3 Å². The topological polar surface area (TPSA) is 134 Å². The number of sulfonamides is 1. The van der Waals surface area contributed by atoms with Crippen LogP contribution < -0.4 is 15.8 Å². The number of thiazole rings is 1. The first-order chi connectivity index (χ1) is 16.8. The van der Waals surface area contributed by atoms with E-state index in [4.69, 9.17) is 5.73 Å². The van der Waals surface area contributed by atoms with Crippen LogP contribution in [0.1, 0.15) is 55.3 Å². The number of ketones is 1. The van der Waals surface area contributed by atoms with Gasteiger partial charge in [0, 0.05) is 11.7 Å². The largest absolute Gasteiger partial charge is 0.390 e. The van der Waals surface area contributed by atoms with Crippen molar-refractivity contribution >= 4 is 43.8 Å². The molecular weight excluding hydrogens is 510 g/mol. The zero-order chi connectivity index (χ0) is 26.7. The van der Waals surface area contributed by atoms with Crippen molar-refractivity contribution in [3.05, 3.63) is 64.5 Å². The maximum Gasteiger partial charge on any atom is 0.240 e. The molecule has 1 aromatic heterocycles. The molecule has 0 saturated carbocycles. The lowest BCUT2D eigenvalue weighted by Crippen LogP contribution is -2.33. The van der Waals surface area contributed by atoms with E-state index in [-0.39, 0.29) is 26.8 Å². The number of anilines is 3. The third-order valence-corrected chi connectivity index (χ3v) is 7.84. The Morgan fingerprint density at radius 2 is 1.78 bits per heavy atom. The fourth-order valence-electron chi connectivity index (χ4n) is 3.45. The minimum absolute atomic E-state index is 0.0620. The molecule has 36 heavy (non-hydrogen) atoms. The molecule has 12 heteroatoms. The van der Waals surface area contributed by atoms with E-state index >= 15 is 0 Å². The lowest BCUT2D eigenvalue weighted by Gasteiger charge is -2.19. The Kier molecular flexibility index (Phi) is 8.44. The van der Waals surface area contributed by atoms with Crippen molar-refractivity contribution < 1.29 is 27.1 Å². The van der Waals surface area contributed by atoms with Gasteiger partial charge in [-0.1, -0.05) is 17.4 Å². The van der Waals surface area contributed by atoms with Crippen LogP contribution in [0.2, 0.25) is 0 Å². The molecule has 1 unspecified atom stereocenters. The summed E-state index contributed by atoms with van der Waals surface area (Å²) in [6, 6.07) is 8.65. The van der Waals surface area contributed by atoms with Crippen molar-refractivity contribution in [2.75, 3.05) is 11.1 Å². The monoisotopic (exact) mass is 538 g/mol. The number of aliphatic hydroxyl groups is 1. The zero-order valence-corrected chi connectivity index (χ0v) is 21.6. The van der Waals surface area contributed by atoms with Gasteiger partial charge in [-0.15, -0.1) is 0 Å². The highest BCUT2D eigenvalue weighted by Crippen LogP contribution is 2.31. The number of carbonyl (C=O) groups is 1. The standard InChI is InChI=1S/C24H28F2N4O4S2/c1-14(6-5-13-24(2,3)32)30-36(33,34)16-11-9-15(10-12-16)28-23-29-22(27)21(35-23)20(31)19-17(25)7-4-8-18(19)26/h4,7-12,14,30,32H,5-6,13,27H2,1-3H3,(H,28,29). The SMILES string of the molecule is CC(CCCC(C)(C)O)NS(=O)(=O)c1ccc(Nc2nc(N)c(C(=O)c3c(F)cccc3F)s2)cc1. The van der Waals surface area contributed by atoms with Gasteiger partial charge in [0.1, 0.15) is 22.3 Å². The Morgan fingerprint density at radius 3 is 2.36 bits per heavy atom. The number of nitrogens with two attached hydrogens (primary N) is 1. The second-order valence-electron chi connectivity index (χ2n) is 9.04. The minimum Gasteiger partial charge on any atom is -0.390 e. The van der Waals surface area contributed by atoms with Crippen LogP contribution in [0.4, 0.5) is 25.4 Å². The molecule has 0 fully saturated rings. The van der Waals surface area contributed by atoms with E-state index in [9.17, 15) is 27.1 Å². The molecule has 0 aliphatic heterocycles. The van der Waals surface area contributed by atoms with Crippen LogP contribution in [0.25, 0.3) is 0 Å². The lowest BCUT2D eigenvalue weighted by molar-refractivity contribution is 0.0677. The van der Waals surface area contributed by atoms with Gasteiger partial charge >= 0.3 is 0 Å². The second kappa shape index (κ2) is 11.0. The molecule has 0 radical (unpaired) electrons. The maximum atomic E-state index is 14.0. The Labute approximate surface area is 212 Å². The number of nitrogen functional groups attached to an aromatic ring is 1. The van der Waals surface area contributed by atoms with E-state index in [0.29, 0.717) is 24.9 Å². The fourth-order valence-corrected chi connectivity index (χ4v) is 5.58. The van der Waals surface area contributed by atoms with Gasteiger partial charge in [0.15, 0.2) is 5.13 Å². The van der Waals surface area contributed by atoms with Crippen LogP contribution in [-0.2, 0) is 10.0 Å². The molecule has 3 rings (SSSR count). The molecule has 0 amide bonds. The van der Waals surface area contributed by atoms with E-state index in [2.05, 4.69) is 15.0 Å². The Balaban J connectivity index is 1.67. The van der Waals surface area contributed by atoms with E-state index in [1.165, 1.54) is 24.3 Å². The summed E-state index contributed by atoms with van der Waals surface area (Å²) in [4.78, 5) is 16.6. The molecule has 0 spiro atoms. The molecule has 194 valence electrons. The molecule has 1 atom stereocenters. The van der Waals surface area contributed by atoms with Crippen molar-refractivity contribution in [2.24, 2.45) is 0 Å². The summed E-state index contributed by atoms with van der Waals surface area (Å²) in [6.45, 7) is 5.18. The summed E-state index contributed by atoms with van der Waals surface area (Å²) in [7, 11) is -3.76. The van der Waals surface area contributed by atoms with Crippen molar-refractivity contribution in [2.45, 2.75) is 56.6 Å². The molecule has 0 bridgehead atoms. The quantitative estimate of drug-likeness (QED) is 0.262. The van der Waals surface area contributed by atoms with Crippen molar-refractivity contribution in [1.82, 2.24) is 9.71 Å². The number of carbonyl (C=O) groups excluding carboxylic acids is 1. The molecule has 1 heterocycles. The smallest absolute Gasteiger partial charge is 0.240 e. The van der Waals surface area contributed by atoms with Crippen molar-refractivity contribution in [3.8, 4) is 0 Å². The average Bonchev–Trinajstić information content (AvgIpc) is 3.12. The summed E-state index contributed by atoms with van der Waals surface area (Å²) in [5, 5.41) is 12.9. The van der Waals surface area contributed by atoms with Crippen LogP contribution in [-0.4, -0.2) is 35.9 Å². The van der Waals surface area contributed by atoms with Crippen molar-refractivity contribution in [3.63, 3.8) is 0 Å². The maximum absolute atomic E-state index is 14.0. The lowest BCUT2D eigenvalue weighted by atomic mass is 10.00. The number of benzene rings is 2. The highest BCUT2D eigenvalue weighted by molar-refractivity contribution is 7.89. The summed E-state index contributed by atoms with van der Waals surface area (Å²) in [5.41, 5.74) is 4.77. The average molecular weight is 539 g/mol. The van der Waals surface area contributed by atoms with Gasteiger partial charge in [0.25, 0.3) is 0 Å². The van der Waals surface area contributed by atoms with Gasteiger partial charge in [-0.3, -0.25) is 4.79 Å². The Hall–Kier alpha value is -2.93. The Bertz CT molecular complexity index is 1320. The third kappa shape index (κ3) is 7.06. The zero-order valence-electron chi connectivity index (χ0n) is 20.0. The van der Waals surface area contributed by atoms with Gasteiger partial charge in [0.2, 0.25) is 15.8 Å². The predicted molar refractivity (Wildman–Crippen MR) is 136 cm³/mol. The van der Waals surface area contributed by atoms with Gasteiger partial charge in [0.05, 0.1) is 16.1 Å². The molecular formula is C24H28F2N4O4S2. The van der Waals surface area contributed by atoms with E-state index in [0.717, 1.165) is 29.5 Å². The minimum atomic E-state index is -3.76. The van der Waals surface area contributed by atoms with Crippen LogP contribution in [0.3, 0.4) is 0 Å². The summed E-state index contributed by atoms with van der Waals surface area (Å²) >= 11 is 0.824. The third-order valence-electron chi connectivity index (χ3n) is 5.25. The number of nitrogens with one attached hydrogen (secondary N) is 2. The molecule has 0 aliphatic rings. The highest BCUT2D eigenvalue weighted by Gasteiger charge is 2.24. The summed E-state index contributed by atoms with van der Waals surface area (Å²) < 4.78 is 56.0. The fraction of sp³-hybridized carbons (Fsp3) is 0.333. The van der Waals surface area contributed by atoms with Crippen LogP contribution in [0.5, 0.6) is 0 Å². The molecule has 8 nitrogen and oxygen atoms in total. The predicted octanol–water partition coefficient (Wildman–Crippen LogP) is 4.59. The van der Waals surface area contributed by atoms with Crippen LogP contribution in [0, 0.1) is 11.6 Å². The molecule has 3 aromatic rings. The first-order valence-corrected chi connectivity index (χ1v) is 13.4. The number of rotatable bonds is 11. The Morgan fingerprint density at radius 1 is 1.17 bits per heavy atom. The number of nitrogens with zero attached hydrogens (tertiary/aromatic N) is 1. The number of halogens is 2. The molecule has 0 aliphatic carbocycles. The number of hydrogen-bond donors (Lipinski definition) is 4. The number of hydrogen-bond acceptors (Lipinski definition) is 8. The molecule has 2 aromatic carbocycles.